The molecule has 0 aromatic heterocycles. The third-order valence-corrected chi connectivity index (χ3v) is 4.76. The molecule has 2 aliphatic rings. The Balaban J connectivity index is 2.29. The summed E-state index contributed by atoms with van der Waals surface area (Å²) in [4.78, 5) is 35.5. The highest BCUT2D eigenvalue weighted by atomic mass is 32.2. The van der Waals surface area contributed by atoms with Gasteiger partial charge in [-0.2, -0.15) is 0 Å². The monoisotopic (exact) mass is 258 g/mol. The molecule has 1 fully saturated rings. The Hall–Kier alpha value is -0.790. The molecule has 2 N–H and O–H groups in total. The summed E-state index contributed by atoms with van der Waals surface area (Å²) >= 11 is 2.49. The van der Waals surface area contributed by atoms with Gasteiger partial charge in [0.2, 0.25) is 5.91 Å². The van der Waals surface area contributed by atoms with E-state index in [4.69, 9.17) is 5.73 Å². The van der Waals surface area contributed by atoms with Crippen molar-refractivity contribution in [1.29, 1.82) is 0 Å². The van der Waals surface area contributed by atoms with Crippen molar-refractivity contribution in [1.82, 2.24) is 4.90 Å². The molecule has 5 nitrogen and oxygen atoms in total. The first kappa shape index (κ1) is 11.7. The SMILES string of the molecule is CC(=O)SC1=C(C=O)N2C(=O)[C@@H](N)[C@H]2SC1. The summed E-state index contributed by atoms with van der Waals surface area (Å²) in [6.07, 6.45) is 0.627. The molecule has 0 aliphatic carbocycles. The predicted octanol–water partition coefficient (Wildman–Crippen LogP) is -0.0810. The van der Waals surface area contributed by atoms with Crippen LogP contribution >= 0.6 is 23.5 Å². The number of thioether (sulfide) groups is 2. The Labute approximate surface area is 101 Å². The Kier molecular flexibility index (Phi) is 3.09. The zero-order valence-electron chi connectivity index (χ0n) is 8.50. The third kappa shape index (κ3) is 1.68. The van der Waals surface area contributed by atoms with Crippen molar-refractivity contribution in [3.8, 4) is 0 Å². The second-order valence-electron chi connectivity index (χ2n) is 3.46. The Morgan fingerprint density at radius 2 is 2.38 bits per heavy atom. The van der Waals surface area contributed by atoms with Gasteiger partial charge in [0.05, 0.1) is 5.70 Å². The lowest BCUT2D eigenvalue weighted by atomic mass is 10.1. The van der Waals surface area contributed by atoms with E-state index in [9.17, 15) is 14.4 Å². The highest BCUT2D eigenvalue weighted by molar-refractivity contribution is 8.17. The molecule has 16 heavy (non-hydrogen) atoms. The van der Waals surface area contributed by atoms with Crippen molar-refractivity contribution in [2.24, 2.45) is 5.73 Å². The number of hydrogen-bond donors (Lipinski definition) is 1. The number of fused-ring (bicyclic) bond motifs is 1. The summed E-state index contributed by atoms with van der Waals surface area (Å²) in [6, 6.07) is -0.524. The molecule has 2 rings (SSSR count). The molecule has 0 unspecified atom stereocenters. The zero-order chi connectivity index (χ0) is 11.9. The van der Waals surface area contributed by atoms with Crippen LogP contribution in [0.1, 0.15) is 6.92 Å². The summed E-state index contributed by atoms with van der Waals surface area (Å²) in [7, 11) is 0. The zero-order valence-corrected chi connectivity index (χ0v) is 10.1. The van der Waals surface area contributed by atoms with Gasteiger partial charge in [-0.3, -0.25) is 19.3 Å². The molecular weight excluding hydrogens is 248 g/mol. The first-order valence-corrected chi connectivity index (χ1v) is 6.49. The van der Waals surface area contributed by atoms with Crippen molar-refractivity contribution in [3.63, 3.8) is 0 Å². The molecule has 2 aliphatic heterocycles. The molecule has 7 heteroatoms. The van der Waals surface area contributed by atoms with Crippen LogP contribution in [0.2, 0.25) is 0 Å². The minimum atomic E-state index is -0.524. The fraction of sp³-hybridized carbons (Fsp3) is 0.444. The van der Waals surface area contributed by atoms with Crippen molar-refractivity contribution in [3.05, 3.63) is 10.6 Å². The highest BCUT2D eigenvalue weighted by Gasteiger charge is 2.50. The summed E-state index contributed by atoms with van der Waals surface area (Å²) in [5.74, 6) is 0.307. The van der Waals surface area contributed by atoms with E-state index in [0.29, 0.717) is 22.6 Å². The van der Waals surface area contributed by atoms with Gasteiger partial charge in [-0.25, -0.2) is 0 Å². The molecule has 0 aromatic rings. The van der Waals surface area contributed by atoms with Crippen LogP contribution < -0.4 is 5.73 Å². The average Bonchev–Trinajstić information content (AvgIpc) is 2.26. The Morgan fingerprint density at radius 3 is 2.94 bits per heavy atom. The number of β-lactam (4-membered cyclic amide) rings is 1. The standard InChI is InChI=1S/C9H10N2O3S2/c1-4(13)16-6-3-15-9-7(10)8(14)11(9)5(6)2-12/h2,7,9H,3,10H2,1H3/t7-,9-/m1/s1. The van der Waals surface area contributed by atoms with Gasteiger partial charge in [0, 0.05) is 17.6 Å². The Morgan fingerprint density at radius 1 is 1.69 bits per heavy atom. The van der Waals surface area contributed by atoms with Crippen LogP contribution in [-0.2, 0) is 14.4 Å². The molecule has 2 heterocycles. The molecule has 0 saturated carbocycles. The molecule has 2 atom stereocenters. The van der Waals surface area contributed by atoms with Gasteiger partial charge < -0.3 is 5.73 Å². The molecule has 0 aromatic carbocycles. The number of carbonyl (C=O) groups excluding carboxylic acids is 3. The van der Waals surface area contributed by atoms with E-state index in [1.807, 2.05) is 0 Å². The van der Waals surface area contributed by atoms with E-state index >= 15 is 0 Å². The van der Waals surface area contributed by atoms with Gasteiger partial charge in [-0.15, -0.1) is 11.8 Å². The maximum atomic E-state index is 11.5. The van der Waals surface area contributed by atoms with Crippen LogP contribution in [0.3, 0.4) is 0 Å². The normalized spacial score (nSPS) is 28.6. The smallest absolute Gasteiger partial charge is 0.248 e. The quantitative estimate of drug-likeness (QED) is 0.551. The number of amides is 1. The molecule has 0 bridgehead atoms. The maximum absolute atomic E-state index is 11.5. The van der Waals surface area contributed by atoms with E-state index in [1.54, 1.807) is 0 Å². The third-order valence-electron chi connectivity index (χ3n) is 2.39. The van der Waals surface area contributed by atoms with Gasteiger partial charge in [-0.05, 0) is 0 Å². The minimum absolute atomic E-state index is 0.0920. The molecule has 0 spiro atoms. The molecular formula is C9H10N2O3S2. The van der Waals surface area contributed by atoms with Gasteiger partial charge >= 0.3 is 0 Å². The van der Waals surface area contributed by atoms with E-state index < -0.39 is 6.04 Å². The first-order chi connectivity index (χ1) is 7.56. The maximum Gasteiger partial charge on any atom is 0.248 e. The van der Waals surface area contributed by atoms with E-state index in [-0.39, 0.29) is 16.4 Å². The fourth-order valence-corrected chi connectivity index (χ4v) is 3.87. The van der Waals surface area contributed by atoms with Gasteiger partial charge in [0.15, 0.2) is 11.4 Å². The second kappa shape index (κ2) is 4.23. The predicted molar refractivity (Wildman–Crippen MR) is 62.4 cm³/mol. The van der Waals surface area contributed by atoms with Gasteiger partial charge in [-0.1, -0.05) is 11.8 Å². The van der Waals surface area contributed by atoms with Crippen LogP contribution in [0, 0.1) is 0 Å². The molecule has 86 valence electrons. The topological polar surface area (TPSA) is 80.5 Å². The number of allylic oxidation sites excluding steroid dienone is 1. The van der Waals surface area contributed by atoms with Gasteiger partial charge in [0.25, 0.3) is 0 Å². The van der Waals surface area contributed by atoms with Crippen LogP contribution in [0.25, 0.3) is 0 Å². The molecule has 1 saturated heterocycles. The highest BCUT2D eigenvalue weighted by Crippen LogP contribution is 2.41. The van der Waals surface area contributed by atoms with E-state index in [2.05, 4.69) is 0 Å². The first-order valence-electron chi connectivity index (χ1n) is 4.63. The van der Waals surface area contributed by atoms with Crippen molar-refractivity contribution in [2.45, 2.75) is 18.3 Å². The van der Waals surface area contributed by atoms with E-state index in [1.165, 1.54) is 23.6 Å². The molecule has 1 amide bonds. The summed E-state index contributed by atoms with van der Waals surface area (Å²) < 4.78 is 0. The number of carbonyl (C=O) groups is 3. The van der Waals surface area contributed by atoms with Crippen molar-refractivity contribution < 1.29 is 14.4 Å². The average molecular weight is 258 g/mol. The second-order valence-corrected chi connectivity index (χ2v) is 5.83. The summed E-state index contributed by atoms with van der Waals surface area (Å²) in [5.41, 5.74) is 5.92. The lowest BCUT2D eigenvalue weighted by Crippen LogP contribution is -2.67. The van der Waals surface area contributed by atoms with Crippen molar-refractivity contribution >= 4 is 40.8 Å². The van der Waals surface area contributed by atoms with Gasteiger partial charge in [0.1, 0.15) is 11.4 Å². The summed E-state index contributed by atoms with van der Waals surface area (Å²) in [5, 5.41) is -0.241. The number of hydrogen-bond acceptors (Lipinski definition) is 6. The minimum Gasteiger partial charge on any atom is -0.317 e. The van der Waals surface area contributed by atoms with Crippen LogP contribution in [0.4, 0.5) is 0 Å². The van der Waals surface area contributed by atoms with Crippen LogP contribution in [0.5, 0.6) is 0 Å². The number of nitrogens with zero attached hydrogens (tertiary/aromatic N) is 1. The number of rotatable bonds is 2. The summed E-state index contributed by atoms with van der Waals surface area (Å²) in [6.45, 7) is 1.43. The lowest BCUT2D eigenvalue weighted by Gasteiger charge is -2.47. The molecule has 0 radical (unpaired) electrons. The fourth-order valence-electron chi connectivity index (χ4n) is 1.67. The lowest BCUT2D eigenvalue weighted by molar-refractivity contribution is -0.142. The van der Waals surface area contributed by atoms with E-state index in [0.717, 1.165) is 11.8 Å². The van der Waals surface area contributed by atoms with Crippen molar-refractivity contribution in [2.75, 3.05) is 5.75 Å². The van der Waals surface area contributed by atoms with Crippen LogP contribution in [0.15, 0.2) is 10.6 Å². The number of aldehydes is 1. The Bertz CT molecular complexity index is 408. The largest absolute Gasteiger partial charge is 0.317 e. The number of nitrogens with two attached hydrogens (primary N) is 1. The van der Waals surface area contributed by atoms with Crippen LogP contribution in [-0.4, -0.2) is 39.4 Å².